The second-order valence-electron chi connectivity index (χ2n) is 10.3. The molecule has 9 nitrogen and oxygen atoms in total. The molecule has 0 radical (unpaired) electrons. The minimum atomic E-state index is -3.94. The van der Waals surface area contributed by atoms with Crippen LogP contribution in [0.2, 0.25) is 0 Å². The molecule has 1 saturated heterocycles. The molecule has 2 aromatic carbocycles. The van der Waals surface area contributed by atoms with Crippen LogP contribution in [0, 0.1) is 3.57 Å². The van der Waals surface area contributed by atoms with Crippen LogP contribution in [-0.4, -0.2) is 93.7 Å². The highest BCUT2D eigenvalue weighted by atomic mass is 127. The molecule has 0 spiro atoms. The minimum absolute atomic E-state index is 0.0232. The average molecular weight is 684 g/mol. The molecule has 2 aromatic rings. The van der Waals surface area contributed by atoms with E-state index in [4.69, 9.17) is 0 Å². The molecule has 1 unspecified atom stereocenters. The van der Waals surface area contributed by atoms with Gasteiger partial charge in [0.25, 0.3) is 0 Å². The summed E-state index contributed by atoms with van der Waals surface area (Å²) in [7, 11) is -0.0251. The molecule has 1 heterocycles. The van der Waals surface area contributed by atoms with Crippen molar-refractivity contribution in [1.29, 1.82) is 0 Å². The Bertz CT molecular complexity index is 1220. The monoisotopic (exact) mass is 683 g/mol. The highest BCUT2D eigenvalue weighted by molar-refractivity contribution is 14.1. The van der Waals surface area contributed by atoms with Gasteiger partial charge in [0.1, 0.15) is 6.04 Å². The van der Waals surface area contributed by atoms with E-state index in [0.717, 1.165) is 40.8 Å². The minimum Gasteiger partial charge on any atom is -0.378 e. The van der Waals surface area contributed by atoms with Crippen LogP contribution in [0.5, 0.6) is 0 Å². The fraction of sp³-hybridized carbons (Fsp3) is 0.517. The number of amides is 2. The van der Waals surface area contributed by atoms with E-state index in [-0.39, 0.29) is 37.0 Å². The van der Waals surface area contributed by atoms with Gasteiger partial charge in [0.2, 0.25) is 21.8 Å². The third-order valence-electron chi connectivity index (χ3n) is 7.05. The summed E-state index contributed by atoms with van der Waals surface area (Å²) in [5.41, 5.74) is 1.95. The molecule has 3 rings (SSSR count). The van der Waals surface area contributed by atoms with Gasteiger partial charge in [-0.3, -0.25) is 9.59 Å². The number of nitrogens with zero attached hydrogens (tertiary/aromatic N) is 4. The molecule has 40 heavy (non-hydrogen) atoms. The normalized spacial score (nSPS) is 16.2. The first-order chi connectivity index (χ1) is 19.1. The Labute approximate surface area is 253 Å². The maximum atomic E-state index is 13.7. The lowest BCUT2D eigenvalue weighted by molar-refractivity contribution is -0.136. The predicted octanol–water partition coefficient (Wildman–Crippen LogP) is 3.39. The van der Waals surface area contributed by atoms with Crippen LogP contribution in [0.3, 0.4) is 0 Å². The molecule has 1 N–H and O–H groups in total. The third-order valence-corrected chi connectivity index (χ3v) is 9.69. The van der Waals surface area contributed by atoms with Gasteiger partial charge in [-0.2, -0.15) is 4.31 Å². The number of nitrogens with one attached hydrogen (secondary N) is 1. The number of anilines is 1. The van der Waals surface area contributed by atoms with Crippen LogP contribution in [-0.2, 0) is 26.2 Å². The zero-order valence-electron chi connectivity index (χ0n) is 24.0. The maximum Gasteiger partial charge on any atom is 0.243 e. The van der Waals surface area contributed by atoms with Gasteiger partial charge >= 0.3 is 0 Å². The van der Waals surface area contributed by atoms with Gasteiger partial charge in [-0.15, -0.1) is 0 Å². The van der Waals surface area contributed by atoms with Crippen molar-refractivity contribution in [3.05, 3.63) is 57.7 Å². The van der Waals surface area contributed by atoms with Crippen LogP contribution >= 0.6 is 22.6 Å². The van der Waals surface area contributed by atoms with Crippen LogP contribution in [0.4, 0.5) is 5.69 Å². The van der Waals surface area contributed by atoms with E-state index in [0.29, 0.717) is 13.0 Å². The number of carbonyl (C=O) groups excluding carboxylic acids is 2. The zero-order chi connectivity index (χ0) is 29.3. The van der Waals surface area contributed by atoms with E-state index in [1.54, 1.807) is 29.2 Å². The molecule has 1 aliphatic rings. The largest absolute Gasteiger partial charge is 0.378 e. The van der Waals surface area contributed by atoms with E-state index in [9.17, 15) is 18.0 Å². The quantitative estimate of drug-likeness (QED) is 0.326. The van der Waals surface area contributed by atoms with Crippen molar-refractivity contribution in [3.8, 4) is 0 Å². The summed E-state index contributed by atoms with van der Waals surface area (Å²) in [5.74, 6) is -0.470. The second kappa shape index (κ2) is 15.1. The van der Waals surface area contributed by atoms with Crippen molar-refractivity contribution in [3.63, 3.8) is 0 Å². The summed E-state index contributed by atoms with van der Waals surface area (Å²) < 4.78 is 29.5. The van der Waals surface area contributed by atoms with Gasteiger partial charge in [-0.25, -0.2) is 8.42 Å². The Morgan fingerprint density at radius 1 is 0.950 bits per heavy atom. The molecule has 1 aliphatic heterocycles. The number of benzene rings is 2. The van der Waals surface area contributed by atoms with E-state index in [2.05, 4.69) is 46.7 Å². The molecular formula is C29H42IN5O4S. The third kappa shape index (κ3) is 8.64. The van der Waals surface area contributed by atoms with Gasteiger partial charge in [-0.1, -0.05) is 26.0 Å². The molecule has 2 amide bonds. The molecule has 1 atom stereocenters. The van der Waals surface area contributed by atoms with Gasteiger partial charge in [0.05, 0.1) is 4.90 Å². The fourth-order valence-corrected chi connectivity index (χ4v) is 6.76. The number of hydrogen-bond acceptors (Lipinski definition) is 6. The van der Waals surface area contributed by atoms with Gasteiger partial charge in [0, 0.05) is 62.5 Å². The van der Waals surface area contributed by atoms with Crippen LogP contribution in [0.1, 0.15) is 38.7 Å². The van der Waals surface area contributed by atoms with Crippen molar-refractivity contribution in [2.45, 2.75) is 50.6 Å². The highest BCUT2D eigenvalue weighted by Crippen LogP contribution is 2.23. The zero-order valence-corrected chi connectivity index (χ0v) is 26.9. The summed E-state index contributed by atoms with van der Waals surface area (Å²) in [5, 5.41) is 2.92. The van der Waals surface area contributed by atoms with Crippen molar-refractivity contribution < 1.29 is 18.0 Å². The van der Waals surface area contributed by atoms with Crippen molar-refractivity contribution in [1.82, 2.24) is 19.4 Å². The molecule has 0 saturated carbocycles. The van der Waals surface area contributed by atoms with Crippen molar-refractivity contribution >= 4 is 50.1 Å². The number of halogens is 1. The Morgan fingerprint density at radius 3 is 2.15 bits per heavy atom. The average Bonchev–Trinajstić information content (AvgIpc) is 2.94. The smallest absolute Gasteiger partial charge is 0.243 e. The summed E-state index contributed by atoms with van der Waals surface area (Å²) in [6.45, 7) is 7.36. The van der Waals surface area contributed by atoms with Gasteiger partial charge < -0.3 is 20.0 Å². The molecule has 0 aliphatic carbocycles. The number of carbonyl (C=O) groups is 2. The molecule has 0 aromatic heterocycles. The maximum absolute atomic E-state index is 13.7. The fourth-order valence-electron chi connectivity index (χ4n) is 4.83. The lowest BCUT2D eigenvalue weighted by Gasteiger charge is -2.40. The number of hydrogen-bond donors (Lipinski definition) is 1. The Hall–Kier alpha value is -2.22. The Morgan fingerprint density at radius 2 is 1.57 bits per heavy atom. The standard InChI is InChI=1S/C29H42IN5O4S/c1-5-16-33(17-6-2)18-15-28(36)34-19-20-35(40(38,39)26-13-9-24(30)10-14-26)27(22-34)29(37)31-21-23-7-11-25(12-8-23)32(3)4/h7-14,27H,5-6,15-22H2,1-4H3,(H,31,37). The van der Waals surface area contributed by atoms with Crippen LogP contribution < -0.4 is 10.2 Å². The summed E-state index contributed by atoms with van der Waals surface area (Å²) in [6.07, 6.45) is 2.38. The topological polar surface area (TPSA) is 93.3 Å². The number of rotatable bonds is 13. The molecule has 0 bridgehead atoms. The second-order valence-corrected chi connectivity index (χ2v) is 13.4. The Kier molecular flexibility index (Phi) is 12.2. The lowest BCUT2D eigenvalue weighted by atomic mass is 10.1. The Balaban J connectivity index is 1.77. The number of piperazine rings is 1. The first-order valence-electron chi connectivity index (χ1n) is 13.9. The summed E-state index contributed by atoms with van der Waals surface area (Å²) >= 11 is 2.13. The lowest BCUT2D eigenvalue weighted by Crippen LogP contribution is -2.61. The molecule has 11 heteroatoms. The highest BCUT2D eigenvalue weighted by Gasteiger charge is 2.41. The number of sulfonamides is 1. The van der Waals surface area contributed by atoms with Crippen LogP contribution in [0.25, 0.3) is 0 Å². The van der Waals surface area contributed by atoms with E-state index >= 15 is 0 Å². The first kappa shape index (κ1) is 32.3. The molecular weight excluding hydrogens is 641 g/mol. The van der Waals surface area contributed by atoms with E-state index in [1.165, 1.54) is 4.31 Å². The predicted molar refractivity (Wildman–Crippen MR) is 168 cm³/mol. The van der Waals surface area contributed by atoms with E-state index in [1.807, 2.05) is 43.3 Å². The summed E-state index contributed by atoms with van der Waals surface area (Å²) in [6, 6.07) is 13.4. The van der Waals surface area contributed by atoms with Crippen molar-refractivity contribution in [2.24, 2.45) is 0 Å². The summed E-state index contributed by atoms with van der Waals surface area (Å²) in [4.78, 5) is 32.8. The molecule has 220 valence electrons. The van der Waals surface area contributed by atoms with E-state index < -0.39 is 22.0 Å². The van der Waals surface area contributed by atoms with Crippen molar-refractivity contribution in [2.75, 3.05) is 58.3 Å². The van der Waals surface area contributed by atoms with Gasteiger partial charge in [0.15, 0.2) is 0 Å². The van der Waals surface area contributed by atoms with Gasteiger partial charge in [-0.05, 0) is 90.5 Å². The van der Waals surface area contributed by atoms with Crippen LogP contribution in [0.15, 0.2) is 53.4 Å². The SMILES string of the molecule is CCCN(CCC)CCC(=O)N1CCN(S(=O)(=O)c2ccc(I)cc2)C(C(=O)NCc2ccc(N(C)C)cc2)C1. The first-order valence-corrected chi connectivity index (χ1v) is 16.4. The molecule has 1 fully saturated rings.